The number of nitrogen functional groups attached to an aromatic ring is 1. The van der Waals surface area contributed by atoms with Gasteiger partial charge in [0.1, 0.15) is 0 Å². The van der Waals surface area contributed by atoms with Crippen molar-refractivity contribution in [2.45, 2.75) is 20.3 Å². The van der Waals surface area contributed by atoms with Crippen LogP contribution in [0.2, 0.25) is 0 Å². The van der Waals surface area contributed by atoms with Crippen molar-refractivity contribution in [2.75, 3.05) is 19.5 Å². The molecule has 1 aromatic carbocycles. The monoisotopic (exact) mass is 246 g/mol. The molecule has 4 heteroatoms. The van der Waals surface area contributed by atoms with Crippen LogP contribution < -0.4 is 5.73 Å². The number of hydrogen-bond acceptors (Lipinski definition) is 4. The summed E-state index contributed by atoms with van der Waals surface area (Å²) in [4.78, 5) is 0. The number of rotatable bonds is 4. The zero-order valence-electron chi connectivity index (χ0n) is 11.0. The summed E-state index contributed by atoms with van der Waals surface area (Å²) in [5, 5.41) is 4.02. The van der Waals surface area contributed by atoms with Gasteiger partial charge in [-0.25, -0.2) is 0 Å². The van der Waals surface area contributed by atoms with Gasteiger partial charge in [-0.3, -0.25) is 0 Å². The van der Waals surface area contributed by atoms with Gasteiger partial charge < -0.3 is 15.0 Å². The number of nitrogens with zero attached hydrogens (tertiary/aromatic N) is 1. The third-order valence-corrected chi connectivity index (χ3v) is 2.99. The van der Waals surface area contributed by atoms with Crippen LogP contribution in [0.25, 0.3) is 11.1 Å². The zero-order chi connectivity index (χ0) is 13.1. The summed E-state index contributed by atoms with van der Waals surface area (Å²) in [6, 6.07) is 6.27. The van der Waals surface area contributed by atoms with E-state index in [0.29, 0.717) is 18.9 Å². The fourth-order valence-electron chi connectivity index (χ4n) is 2.00. The molecule has 1 heterocycles. The fraction of sp³-hybridized carbons (Fsp3) is 0.357. The molecule has 2 N–H and O–H groups in total. The van der Waals surface area contributed by atoms with Crippen LogP contribution in [-0.4, -0.2) is 18.9 Å². The molecule has 0 spiro atoms. The van der Waals surface area contributed by atoms with Gasteiger partial charge in [0.15, 0.2) is 0 Å². The van der Waals surface area contributed by atoms with Crippen molar-refractivity contribution in [1.82, 2.24) is 5.16 Å². The minimum Gasteiger partial charge on any atom is -0.384 e. The lowest BCUT2D eigenvalue weighted by molar-refractivity contribution is 0.200. The summed E-state index contributed by atoms with van der Waals surface area (Å²) < 4.78 is 10.2. The minimum absolute atomic E-state index is 0.370. The molecular formula is C14H18N2O2. The molecule has 2 rings (SSSR count). The standard InChI is InChI=1S/C14H18N2O2/c1-9-4-5-10(2)11(8-9)13-12(6-7-17-3)16-18-14(13)15/h4-5,8H,6-7,15H2,1-3H3. The van der Waals surface area contributed by atoms with Gasteiger partial charge in [-0.2, -0.15) is 0 Å². The molecule has 1 aromatic heterocycles. The van der Waals surface area contributed by atoms with E-state index in [0.717, 1.165) is 22.4 Å². The highest BCUT2D eigenvalue weighted by Crippen LogP contribution is 2.33. The van der Waals surface area contributed by atoms with Crippen molar-refractivity contribution < 1.29 is 9.26 Å². The summed E-state index contributed by atoms with van der Waals surface area (Å²) in [6.07, 6.45) is 0.694. The molecule has 0 saturated heterocycles. The van der Waals surface area contributed by atoms with E-state index in [9.17, 15) is 0 Å². The van der Waals surface area contributed by atoms with Crippen LogP contribution in [0, 0.1) is 13.8 Å². The maximum absolute atomic E-state index is 5.89. The Morgan fingerprint density at radius 1 is 1.33 bits per heavy atom. The Morgan fingerprint density at radius 2 is 2.11 bits per heavy atom. The predicted molar refractivity (Wildman–Crippen MR) is 71.4 cm³/mol. The lowest BCUT2D eigenvalue weighted by Crippen LogP contribution is -1.98. The highest BCUT2D eigenvalue weighted by Gasteiger charge is 2.17. The molecule has 0 aliphatic carbocycles. The van der Waals surface area contributed by atoms with Gasteiger partial charge in [0, 0.05) is 13.5 Å². The van der Waals surface area contributed by atoms with E-state index in [1.807, 2.05) is 0 Å². The van der Waals surface area contributed by atoms with E-state index in [1.54, 1.807) is 7.11 Å². The molecular weight excluding hydrogens is 228 g/mol. The smallest absolute Gasteiger partial charge is 0.230 e. The molecule has 0 bridgehead atoms. The maximum Gasteiger partial charge on any atom is 0.230 e. The van der Waals surface area contributed by atoms with Gasteiger partial charge in [-0.1, -0.05) is 28.9 Å². The Bertz CT molecular complexity index is 547. The van der Waals surface area contributed by atoms with Crippen LogP contribution in [0.15, 0.2) is 22.7 Å². The molecule has 96 valence electrons. The van der Waals surface area contributed by atoms with Crippen molar-refractivity contribution in [3.8, 4) is 11.1 Å². The molecule has 18 heavy (non-hydrogen) atoms. The number of anilines is 1. The van der Waals surface area contributed by atoms with Crippen molar-refractivity contribution in [1.29, 1.82) is 0 Å². The third kappa shape index (κ3) is 2.38. The lowest BCUT2D eigenvalue weighted by atomic mass is 9.97. The van der Waals surface area contributed by atoms with E-state index in [4.69, 9.17) is 15.0 Å². The maximum atomic E-state index is 5.89. The van der Waals surface area contributed by atoms with Crippen LogP contribution in [-0.2, 0) is 11.2 Å². The van der Waals surface area contributed by atoms with Crippen molar-refractivity contribution in [2.24, 2.45) is 0 Å². The number of nitrogens with two attached hydrogens (primary N) is 1. The third-order valence-electron chi connectivity index (χ3n) is 2.99. The second kappa shape index (κ2) is 5.23. The Morgan fingerprint density at radius 3 is 2.83 bits per heavy atom. The van der Waals surface area contributed by atoms with Gasteiger partial charge in [0.05, 0.1) is 17.9 Å². The summed E-state index contributed by atoms with van der Waals surface area (Å²) in [7, 11) is 1.67. The summed E-state index contributed by atoms with van der Waals surface area (Å²) in [5.41, 5.74) is 11.1. The summed E-state index contributed by atoms with van der Waals surface area (Å²) in [6.45, 7) is 4.71. The summed E-state index contributed by atoms with van der Waals surface area (Å²) in [5.74, 6) is 0.370. The van der Waals surface area contributed by atoms with E-state index in [-0.39, 0.29) is 0 Å². The minimum atomic E-state index is 0.370. The molecule has 0 radical (unpaired) electrons. The van der Waals surface area contributed by atoms with E-state index in [1.165, 1.54) is 5.56 Å². The lowest BCUT2D eigenvalue weighted by Gasteiger charge is -2.07. The average molecular weight is 246 g/mol. The first-order valence-electron chi connectivity index (χ1n) is 5.94. The SMILES string of the molecule is COCCc1noc(N)c1-c1cc(C)ccc1C. The van der Waals surface area contributed by atoms with Crippen LogP contribution in [0.3, 0.4) is 0 Å². The second-order valence-corrected chi connectivity index (χ2v) is 4.43. The number of hydrogen-bond donors (Lipinski definition) is 1. The largest absolute Gasteiger partial charge is 0.384 e. The first kappa shape index (κ1) is 12.6. The molecule has 0 aliphatic heterocycles. The molecule has 0 unspecified atom stereocenters. The normalized spacial score (nSPS) is 10.8. The molecule has 0 aliphatic rings. The highest BCUT2D eigenvalue weighted by atomic mass is 16.5. The van der Waals surface area contributed by atoms with Gasteiger partial charge >= 0.3 is 0 Å². The number of methoxy groups -OCH3 is 1. The average Bonchev–Trinajstić information content (AvgIpc) is 2.71. The highest BCUT2D eigenvalue weighted by molar-refractivity contribution is 5.77. The van der Waals surface area contributed by atoms with Crippen LogP contribution in [0.1, 0.15) is 16.8 Å². The van der Waals surface area contributed by atoms with Gasteiger partial charge in [-0.15, -0.1) is 0 Å². The number of aromatic nitrogens is 1. The summed E-state index contributed by atoms with van der Waals surface area (Å²) >= 11 is 0. The van der Waals surface area contributed by atoms with Crippen LogP contribution in [0.4, 0.5) is 5.88 Å². The van der Waals surface area contributed by atoms with Gasteiger partial charge in [0.25, 0.3) is 0 Å². The molecule has 0 amide bonds. The molecule has 0 atom stereocenters. The first-order chi connectivity index (χ1) is 8.63. The topological polar surface area (TPSA) is 61.3 Å². The van der Waals surface area contributed by atoms with Crippen molar-refractivity contribution in [3.05, 3.63) is 35.0 Å². The number of aryl methyl sites for hydroxylation is 2. The Labute approximate surface area is 107 Å². The van der Waals surface area contributed by atoms with E-state index < -0.39 is 0 Å². The molecule has 0 saturated carbocycles. The van der Waals surface area contributed by atoms with E-state index >= 15 is 0 Å². The molecule has 4 nitrogen and oxygen atoms in total. The second-order valence-electron chi connectivity index (χ2n) is 4.43. The Hall–Kier alpha value is -1.81. The van der Waals surface area contributed by atoms with Crippen LogP contribution >= 0.6 is 0 Å². The molecule has 2 aromatic rings. The fourth-order valence-corrected chi connectivity index (χ4v) is 2.00. The van der Waals surface area contributed by atoms with E-state index in [2.05, 4.69) is 37.2 Å². The van der Waals surface area contributed by atoms with Crippen molar-refractivity contribution in [3.63, 3.8) is 0 Å². The van der Waals surface area contributed by atoms with Crippen molar-refractivity contribution >= 4 is 5.88 Å². The Balaban J connectivity index is 2.48. The zero-order valence-corrected chi connectivity index (χ0v) is 11.0. The van der Waals surface area contributed by atoms with Crippen LogP contribution in [0.5, 0.6) is 0 Å². The van der Waals surface area contributed by atoms with Gasteiger partial charge in [0.2, 0.25) is 5.88 Å². The first-order valence-corrected chi connectivity index (χ1v) is 5.94. The number of benzene rings is 1. The Kier molecular flexibility index (Phi) is 3.67. The predicted octanol–water partition coefficient (Wildman–Crippen LogP) is 2.73. The number of ether oxygens (including phenoxy) is 1. The molecule has 0 fully saturated rings. The van der Waals surface area contributed by atoms with Gasteiger partial charge in [-0.05, 0) is 25.0 Å². The quantitative estimate of drug-likeness (QED) is 0.901.